The van der Waals surface area contributed by atoms with Crippen molar-refractivity contribution in [1.82, 2.24) is 14.9 Å². The van der Waals surface area contributed by atoms with E-state index in [1.807, 2.05) is 13.0 Å². The molecule has 2 rings (SSSR count). The van der Waals surface area contributed by atoms with E-state index in [0.29, 0.717) is 22.7 Å². The number of aliphatic imine (C=N–C) groups is 1. The maximum atomic E-state index is 12.2. The summed E-state index contributed by atoms with van der Waals surface area (Å²) in [6.07, 6.45) is 2.31. The van der Waals surface area contributed by atoms with Crippen molar-refractivity contribution >= 4 is 27.3 Å². The lowest BCUT2D eigenvalue weighted by molar-refractivity contribution is 0.322. The number of nitrogens with zero attached hydrogens (tertiary/aromatic N) is 2. The van der Waals surface area contributed by atoms with Crippen molar-refractivity contribution in [3.8, 4) is 0 Å². The Bertz CT molecular complexity index is 684. The molecule has 1 atom stereocenters. The monoisotopic (exact) mass is 372 g/mol. The van der Waals surface area contributed by atoms with Crippen LogP contribution in [0.1, 0.15) is 31.6 Å². The zero-order chi connectivity index (χ0) is 17.8. The van der Waals surface area contributed by atoms with E-state index >= 15 is 0 Å². The molecule has 1 aromatic heterocycles. The zero-order valence-electron chi connectivity index (χ0n) is 14.9. The Labute approximate surface area is 149 Å². The van der Waals surface area contributed by atoms with Gasteiger partial charge in [-0.2, -0.15) is 0 Å². The van der Waals surface area contributed by atoms with Crippen LogP contribution in [-0.2, 0) is 10.0 Å². The molecule has 0 saturated carbocycles. The molecule has 2 N–H and O–H groups in total. The van der Waals surface area contributed by atoms with Gasteiger partial charge in [-0.1, -0.05) is 13.8 Å². The Morgan fingerprint density at radius 2 is 2.17 bits per heavy atom. The molecule has 6 nitrogen and oxygen atoms in total. The summed E-state index contributed by atoms with van der Waals surface area (Å²) in [6, 6.07) is 3.46. The van der Waals surface area contributed by atoms with Crippen LogP contribution < -0.4 is 10.0 Å². The molecule has 1 aromatic rings. The lowest BCUT2D eigenvalue weighted by Gasteiger charge is -2.25. The summed E-state index contributed by atoms with van der Waals surface area (Å²) in [6.45, 7) is 9.24. The molecule has 24 heavy (non-hydrogen) atoms. The van der Waals surface area contributed by atoms with Crippen LogP contribution in [0.4, 0.5) is 0 Å². The Kier molecular flexibility index (Phi) is 6.28. The van der Waals surface area contributed by atoms with E-state index in [2.05, 4.69) is 33.8 Å². The molecule has 1 aliphatic heterocycles. The maximum Gasteiger partial charge on any atom is 0.250 e. The standard InChI is InChI=1S/C16H28N4O2S2/c1-5-16(3)8-11-20(12-16)15(17-4)18-9-10-19-24(21,22)14-7-6-13(2)23-14/h6-7,19H,5,8-12H2,1-4H3,(H,17,18). The largest absolute Gasteiger partial charge is 0.355 e. The van der Waals surface area contributed by atoms with Crippen LogP contribution in [0, 0.1) is 12.3 Å². The second-order valence-corrected chi connectivity index (χ2v) is 9.85. The molecule has 0 bridgehead atoms. The van der Waals surface area contributed by atoms with Gasteiger partial charge in [-0.25, -0.2) is 13.1 Å². The smallest absolute Gasteiger partial charge is 0.250 e. The Balaban J connectivity index is 1.81. The Hall–Kier alpha value is -1.12. The van der Waals surface area contributed by atoms with E-state index in [9.17, 15) is 8.42 Å². The van der Waals surface area contributed by atoms with Crippen LogP contribution >= 0.6 is 11.3 Å². The summed E-state index contributed by atoms with van der Waals surface area (Å²) in [5.41, 5.74) is 0.343. The van der Waals surface area contributed by atoms with Gasteiger partial charge in [-0.05, 0) is 37.3 Å². The Morgan fingerprint density at radius 1 is 1.42 bits per heavy atom. The highest BCUT2D eigenvalue weighted by atomic mass is 32.2. The third kappa shape index (κ3) is 4.70. The highest BCUT2D eigenvalue weighted by molar-refractivity contribution is 7.91. The van der Waals surface area contributed by atoms with Gasteiger partial charge in [0.05, 0.1) is 0 Å². The number of hydrogen-bond donors (Lipinski definition) is 2. The number of thiophene rings is 1. The van der Waals surface area contributed by atoms with Crippen LogP contribution in [0.2, 0.25) is 0 Å². The normalized spacial score (nSPS) is 22.2. The summed E-state index contributed by atoms with van der Waals surface area (Å²) in [5, 5.41) is 3.25. The lowest BCUT2D eigenvalue weighted by Crippen LogP contribution is -2.43. The fourth-order valence-electron chi connectivity index (χ4n) is 2.81. The first-order valence-electron chi connectivity index (χ1n) is 8.31. The molecular formula is C16H28N4O2S2. The first-order valence-corrected chi connectivity index (χ1v) is 10.6. The topological polar surface area (TPSA) is 73.8 Å². The van der Waals surface area contributed by atoms with Gasteiger partial charge in [0.25, 0.3) is 0 Å². The molecule has 0 spiro atoms. The van der Waals surface area contributed by atoms with E-state index in [4.69, 9.17) is 0 Å². The molecule has 8 heteroatoms. The van der Waals surface area contributed by atoms with E-state index in [1.54, 1.807) is 13.1 Å². The zero-order valence-corrected chi connectivity index (χ0v) is 16.6. The SMILES string of the molecule is CCC1(C)CCN(C(=NC)NCCNS(=O)(=O)c2ccc(C)s2)C1. The number of nitrogens with one attached hydrogen (secondary N) is 2. The number of rotatable bonds is 6. The van der Waals surface area contributed by atoms with Gasteiger partial charge in [0.1, 0.15) is 4.21 Å². The van der Waals surface area contributed by atoms with Gasteiger partial charge in [0.15, 0.2) is 5.96 Å². The molecule has 0 radical (unpaired) electrons. The second-order valence-electron chi connectivity index (χ2n) is 6.57. The van der Waals surface area contributed by atoms with Gasteiger partial charge in [-0.3, -0.25) is 4.99 Å². The number of guanidine groups is 1. The van der Waals surface area contributed by atoms with Gasteiger partial charge in [-0.15, -0.1) is 11.3 Å². The van der Waals surface area contributed by atoms with Gasteiger partial charge in [0, 0.05) is 38.1 Å². The quantitative estimate of drug-likeness (QED) is 0.455. The van der Waals surface area contributed by atoms with Crippen LogP contribution in [0.3, 0.4) is 0 Å². The second kappa shape index (κ2) is 7.84. The molecule has 1 saturated heterocycles. The molecule has 1 unspecified atom stereocenters. The molecule has 136 valence electrons. The predicted molar refractivity (Wildman–Crippen MR) is 100 cm³/mol. The summed E-state index contributed by atoms with van der Waals surface area (Å²) in [4.78, 5) is 7.56. The van der Waals surface area contributed by atoms with E-state index in [-0.39, 0.29) is 0 Å². The fraction of sp³-hybridized carbons (Fsp3) is 0.688. The number of hydrogen-bond acceptors (Lipinski definition) is 4. The predicted octanol–water partition coefficient (Wildman–Crippen LogP) is 2.03. The third-order valence-electron chi connectivity index (χ3n) is 4.60. The number of aryl methyl sites for hydroxylation is 1. The summed E-state index contributed by atoms with van der Waals surface area (Å²) < 4.78 is 27.3. The van der Waals surface area contributed by atoms with Crippen molar-refractivity contribution in [3.63, 3.8) is 0 Å². The summed E-state index contributed by atoms with van der Waals surface area (Å²) in [5.74, 6) is 0.846. The molecular weight excluding hydrogens is 344 g/mol. The molecule has 0 aliphatic carbocycles. The van der Waals surface area contributed by atoms with Gasteiger partial charge < -0.3 is 10.2 Å². The molecule has 1 fully saturated rings. The fourth-order valence-corrected chi connectivity index (χ4v) is 5.17. The minimum Gasteiger partial charge on any atom is -0.355 e. The molecule has 1 aliphatic rings. The minimum absolute atomic E-state index is 0.331. The van der Waals surface area contributed by atoms with E-state index in [0.717, 1.165) is 36.8 Å². The minimum atomic E-state index is -3.41. The molecule has 0 aromatic carbocycles. The van der Waals surface area contributed by atoms with Gasteiger partial charge >= 0.3 is 0 Å². The van der Waals surface area contributed by atoms with Crippen molar-refractivity contribution in [1.29, 1.82) is 0 Å². The van der Waals surface area contributed by atoms with Crippen LogP contribution in [-0.4, -0.2) is 52.5 Å². The molecule has 2 heterocycles. The average Bonchev–Trinajstić information content (AvgIpc) is 3.15. The lowest BCUT2D eigenvalue weighted by atomic mass is 9.87. The highest BCUT2D eigenvalue weighted by Gasteiger charge is 2.33. The average molecular weight is 373 g/mol. The van der Waals surface area contributed by atoms with E-state index < -0.39 is 10.0 Å². The number of likely N-dealkylation sites (tertiary alicyclic amines) is 1. The van der Waals surface area contributed by atoms with Crippen molar-refractivity contribution in [3.05, 3.63) is 17.0 Å². The van der Waals surface area contributed by atoms with Crippen LogP contribution in [0.25, 0.3) is 0 Å². The highest BCUT2D eigenvalue weighted by Crippen LogP contribution is 2.32. The number of sulfonamides is 1. The summed E-state index contributed by atoms with van der Waals surface area (Å²) >= 11 is 1.28. The third-order valence-corrected chi connectivity index (χ3v) is 7.56. The van der Waals surface area contributed by atoms with Crippen molar-refractivity contribution in [2.24, 2.45) is 10.4 Å². The first-order chi connectivity index (χ1) is 11.3. The van der Waals surface area contributed by atoms with Crippen LogP contribution in [0.15, 0.2) is 21.3 Å². The van der Waals surface area contributed by atoms with Crippen molar-refractivity contribution < 1.29 is 8.42 Å². The van der Waals surface area contributed by atoms with Gasteiger partial charge in [0.2, 0.25) is 10.0 Å². The maximum absolute atomic E-state index is 12.2. The van der Waals surface area contributed by atoms with Crippen molar-refractivity contribution in [2.75, 3.05) is 33.2 Å². The van der Waals surface area contributed by atoms with E-state index in [1.165, 1.54) is 11.3 Å². The molecule has 0 amide bonds. The van der Waals surface area contributed by atoms with Crippen molar-refractivity contribution in [2.45, 2.75) is 37.8 Å². The summed E-state index contributed by atoms with van der Waals surface area (Å²) in [7, 11) is -1.64. The Morgan fingerprint density at radius 3 is 2.71 bits per heavy atom. The first kappa shape index (κ1) is 19.2. The van der Waals surface area contributed by atoms with Crippen LogP contribution in [0.5, 0.6) is 0 Å².